The zero-order chi connectivity index (χ0) is 10.0. The normalized spacial score (nSPS) is 17.9. The van der Waals surface area contributed by atoms with Crippen LogP contribution in [0.25, 0.3) is 0 Å². The Morgan fingerprint density at radius 3 is 2.71 bits per heavy atom. The summed E-state index contributed by atoms with van der Waals surface area (Å²) in [5.74, 6) is 0.843. The first kappa shape index (κ1) is 9.40. The third-order valence-corrected chi connectivity index (χ3v) is 2.83. The first-order valence-corrected chi connectivity index (χ1v) is 4.98. The Bertz CT molecular complexity index is 302. The second kappa shape index (κ2) is 3.53. The molecule has 1 aliphatic carbocycles. The highest BCUT2D eigenvalue weighted by Crippen LogP contribution is 2.44. The van der Waals surface area contributed by atoms with Crippen molar-refractivity contribution in [1.29, 1.82) is 0 Å². The van der Waals surface area contributed by atoms with Gasteiger partial charge in [0.2, 0.25) is 0 Å². The summed E-state index contributed by atoms with van der Waals surface area (Å²) in [4.78, 5) is 0. The Morgan fingerprint density at radius 2 is 2.21 bits per heavy atom. The van der Waals surface area contributed by atoms with E-state index < -0.39 is 0 Å². The number of aromatic nitrogens is 2. The molecule has 0 atom stereocenters. The summed E-state index contributed by atoms with van der Waals surface area (Å²) in [6, 6.07) is 3.91. The average Bonchev–Trinajstić information content (AvgIpc) is 2.98. The van der Waals surface area contributed by atoms with Crippen molar-refractivity contribution in [2.45, 2.75) is 19.8 Å². The van der Waals surface area contributed by atoms with E-state index in [2.05, 4.69) is 15.5 Å². The lowest BCUT2D eigenvalue weighted by Crippen LogP contribution is -2.24. The van der Waals surface area contributed by atoms with Gasteiger partial charge in [0.1, 0.15) is 5.82 Å². The van der Waals surface area contributed by atoms with Gasteiger partial charge in [-0.2, -0.15) is 5.10 Å². The minimum atomic E-state index is 0.340. The highest BCUT2D eigenvalue weighted by atomic mass is 15.2. The molecule has 76 valence electrons. The van der Waals surface area contributed by atoms with Gasteiger partial charge >= 0.3 is 0 Å². The van der Waals surface area contributed by atoms with Gasteiger partial charge in [-0.05, 0) is 43.9 Å². The Kier molecular flexibility index (Phi) is 2.37. The number of hydrogen-bond acceptors (Lipinski definition) is 4. The molecule has 1 fully saturated rings. The minimum Gasteiger partial charge on any atom is -0.368 e. The fraction of sp³-hybridized carbons (Fsp3) is 0.600. The topological polar surface area (TPSA) is 63.8 Å². The van der Waals surface area contributed by atoms with Gasteiger partial charge in [0.15, 0.2) is 0 Å². The van der Waals surface area contributed by atoms with E-state index in [0.29, 0.717) is 5.41 Å². The molecule has 0 spiro atoms. The SMILES string of the molecule is Cc1ccc(NCC2(CN)CC2)nn1. The van der Waals surface area contributed by atoms with E-state index in [-0.39, 0.29) is 0 Å². The summed E-state index contributed by atoms with van der Waals surface area (Å²) in [5, 5.41) is 11.3. The van der Waals surface area contributed by atoms with Crippen LogP contribution < -0.4 is 11.1 Å². The number of aryl methyl sites for hydroxylation is 1. The fourth-order valence-electron chi connectivity index (χ4n) is 1.40. The van der Waals surface area contributed by atoms with Gasteiger partial charge in [-0.25, -0.2) is 0 Å². The molecule has 0 amide bonds. The quantitative estimate of drug-likeness (QED) is 0.745. The van der Waals surface area contributed by atoms with Crippen molar-refractivity contribution in [3.05, 3.63) is 17.8 Å². The van der Waals surface area contributed by atoms with Crippen LogP contribution in [0.15, 0.2) is 12.1 Å². The smallest absolute Gasteiger partial charge is 0.148 e. The predicted molar refractivity (Wildman–Crippen MR) is 56.0 cm³/mol. The second-order valence-corrected chi connectivity index (χ2v) is 4.12. The number of hydrogen-bond donors (Lipinski definition) is 2. The van der Waals surface area contributed by atoms with Crippen molar-refractivity contribution in [2.75, 3.05) is 18.4 Å². The molecule has 4 heteroatoms. The lowest BCUT2D eigenvalue weighted by Gasteiger charge is -2.13. The van der Waals surface area contributed by atoms with Crippen LogP contribution >= 0.6 is 0 Å². The van der Waals surface area contributed by atoms with E-state index in [1.807, 2.05) is 19.1 Å². The minimum absolute atomic E-state index is 0.340. The van der Waals surface area contributed by atoms with Gasteiger partial charge in [-0.1, -0.05) is 0 Å². The molecule has 4 nitrogen and oxygen atoms in total. The standard InChI is InChI=1S/C10H16N4/c1-8-2-3-9(14-13-8)12-7-10(6-11)4-5-10/h2-3H,4-7,11H2,1H3,(H,12,14). The molecule has 1 saturated carbocycles. The van der Waals surface area contributed by atoms with E-state index in [0.717, 1.165) is 24.6 Å². The Balaban J connectivity index is 1.89. The second-order valence-electron chi connectivity index (χ2n) is 4.12. The third kappa shape index (κ3) is 2.01. The van der Waals surface area contributed by atoms with Gasteiger partial charge in [0, 0.05) is 6.54 Å². The van der Waals surface area contributed by atoms with Crippen LogP contribution in [0.1, 0.15) is 18.5 Å². The van der Waals surface area contributed by atoms with Gasteiger partial charge < -0.3 is 11.1 Å². The number of nitrogens with zero attached hydrogens (tertiary/aromatic N) is 2. The summed E-state index contributed by atoms with van der Waals surface area (Å²) in [5.41, 5.74) is 6.96. The van der Waals surface area contributed by atoms with Crippen LogP contribution in [0, 0.1) is 12.3 Å². The maximum absolute atomic E-state index is 5.68. The van der Waals surface area contributed by atoms with Crippen LogP contribution in [0.2, 0.25) is 0 Å². The molecule has 1 aromatic rings. The molecule has 0 bridgehead atoms. The van der Waals surface area contributed by atoms with Crippen molar-refractivity contribution >= 4 is 5.82 Å². The van der Waals surface area contributed by atoms with Crippen molar-refractivity contribution in [2.24, 2.45) is 11.1 Å². The van der Waals surface area contributed by atoms with Crippen molar-refractivity contribution in [3.63, 3.8) is 0 Å². The van der Waals surface area contributed by atoms with E-state index in [1.54, 1.807) is 0 Å². The molecular weight excluding hydrogens is 176 g/mol. The largest absolute Gasteiger partial charge is 0.368 e. The zero-order valence-electron chi connectivity index (χ0n) is 8.45. The van der Waals surface area contributed by atoms with Gasteiger partial charge in [0.05, 0.1) is 5.69 Å². The van der Waals surface area contributed by atoms with Gasteiger partial charge in [0.25, 0.3) is 0 Å². The number of nitrogens with one attached hydrogen (secondary N) is 1. The van der Waals surface area contributed by atoms with Crippen molar-refractivity contribution < 1.29 is 0 Å². The Morgan fingerprint density at radius 1 is 1.43 bits per heavy atom. The van der Waals surface area contributed by atoms with Gasteiger partial charge in [-0.15, -0.1) is 5.10 Å². The zero-order valence-corrected chi connectivity index (χ0v) is 8.45. The molecule has 3 N–H and O–H groups in total. The van der Waals surface area contributed by atoms with E-state index in [4.69, 9.17) is 5.73 Å². The van der Waals surface area contributed by atoms with Crippen LogP contribution in [0.5, 0.6) is 0 Å². The summed E-state index contributed by atoms with van der Waals surface area (Å²) in [6.45, 7) is 3.61. The molecule has 0 aliphatic heterocycles. The maximum Gasteiger partial charge on any atom is 0.148 e. The summed E-state index contributed by atoms with van der Waals surface area (Å²) in [6.07, 6.45) is 2.46. The highest BCUT2D eigenvalue weighted by Gasteiger charge is 2.40. The number of anilines is 1. The third-order valence-electron chi connectivity index (χ3n) is 2.83. The van der Waals surface area contributed by atoms with E-state index >= 15 is 0 Å². The van der Waals surface area contributed by atoms with Crippen molar-refractivity contribution in [1.82, 2.24) is 10.2 Å². The number of nitrogens with two attached hydrogens (primary N) is 1. The summed E-state index contributed by atoms with van der Waals surface area (Å²) >= 11 is 0. The summed E-state index contributed by atoms with van der Waals surface area (Å²) < 4.78 is 0. The lowest BCUT2D eigenvalue weighted by atomic mass is 10.1. The first-order chi connectivity index (χ1) is 6.74. The first-order valence-electron chi connectivity index (χ1n) is 4.98. The summed E-state index contributed by atoms with van der Waals surface area (Å²) in [7, 11) is 0. The van der Waals surface area contributed by atoms with E-state index in [1.165, 1.54) is 12.8 Å². The molecule has 14 heavy (non-hydrogen) atoms. The van der Waals surface area contributed by atoms with E-state index in [9.17, 15) is 0 Å². The predicted octanol–water partition coefficient (Wildman–Crippen LogP) is 0.936. The van der Waals surface area contributed by atoms with Crippen LogP contribution in [0.3, 0.4) is 0 Å². The Hall–Kier alpha value is -1.16. The maximum atomic E-state index is 5.68. The fourth-order valence-corrected chi connectivity index (χ4v) is 1.40. The lowest BCUT2D eigenvalue weighted by molar-refractivity contribution is 0.554. The van der Waals surface area contributed by atoms with Crippen LogP contribution in [0.4, 0.5) is 5.82 Å². The molecule has 0 radical (unpaired) electrons. The number of rotatable bonds is 4. The van der Waals surface area contributed by atoms with Crippen LogP contribution in [-0.2, 0) is 0 Å². The van der Waals surface area contributed by atoms with Gasteiger partial charge in [-0.3, -0.25) is 0 Å². The molecule has 2 rings (SSSR count). The molecule has 0 saturated heterocycles. The molecule has 0 unspecified atom stereocenters. The monoisotopic (exact) mass is 192 g/mol. The average molecular weight is 192 g/mol. The molecule has 1 heterocycles. The highest BCUT2D eigenvalue weighted by molar-refractivity contribution is 5.33. The van der Waals surface area contributed by atoms with Crippen LogP contribution in [-0.4, -0.2) is 23.3 Å². The van der Waals surface area contributed by atoms with Crippen molar-refractivity contribution in [3.8, 4) is 0 Å². The molecule has 1 aromatic heterocycles. The molecule has 0 aromatic carbocycles. The molecule has 1 aliphatic rings. The Labute approximate surface area is 83.9 Å². The molecular formula is C10H16N4.